The highest BCUT2D eigenvalue weighted by molar-refractivity contribution is 5.75. The van der Waals surface area contributed by atoms with E-state index in [1.807, 2.05) is 20.8 Å². The number of aryl methyl sites for hydroxylation is 1. The van der Waals surface area contributed by atoms with Crippen LogP contribution in [-0.2, 0) is 27.4 Å². The van der Waals surface area contributed by atoms with Crippen molar-refractivity contribution < 1.29 is 14.3 Å². The van der Waals surface area contributed by atoms with E-state index in [1.165, 1.54) is 4.68 Å². The molecule has 0 amide bonds. The molecule has 0 aliphatic heterocycles. The Morgan fingerprint density at radius 2 is 2.19 bits per heavy atom. The predicted molar refractivity (Wildman–Crippen MR) is 79.5 cm³/mol. The molecule has 21 heavy (non-hydrogen) atoms. The van der Waals surface area contributed by atoms with Crippen molar-refractivity contribution in [1.29, 1.82) is 0 Å². The lowest BCUT2D eigenvalue weighted by Crippen LogP contribution is -2.24. The van der Waals surface area contributed by atoms with E-state index >= 15 is 0 Å². The number of carbonyl (C=O) groups excluding carboxylic acids is 1. The van der Waals surface area contributed by atoms with Gasteiger partial charge in [-0.05, 0) is 40.0 Å². The summed E-state index contributed by atoms with van der Waals surface area (Å²) in [6, 6.07) is 0. The fraction of sp³-hybridized carbons (Fsp3) is 0.667. The van der Waals surface area contributed by atoms with Crippen LogP contribution < -0.4 is 0 Å². The molecule has 0 aromatic carbocycles. The van der Waals surface area contributed by atoms with Crippen LogP contribution in [0, 0.1) is 5.41 Å². The van der Waals surface area contributed by atoms with Gasteiger partial charge in [-0.3, -0.25) is 4.79 Å². The summed E-state index contributed by atoms with van der Waals surface area (Å²) in [5, 5.41) is 8.00. The number of esters is 1. The molecule has 0 saturated carbocycles. The van der Waals surface area contributed by atoms with Gasteiger partial charge in [-0.1, -0.05) is 11.3 Å². The molecule has 0 saturated heterocycles. The first kappa shape index (κ1) is 17.4. The van der Waals surface area contributed by atoms with Crippen LogP contribution in [0.1, 0.15) is 39.3 Å². The van der Waals surface area contributed by atoms with Gasteiger partial charge in [-0.25, -0.2) is 4.68 Å². The molecule has 0 unspecified atom stereocenters. The second-order valence-electron chi connectivity index (χ2n) is 5.88. The summed E-state index contributed by atoms with van der Waals surface area (Å²) in [6.45, 7) is 10.5. The summed E-state index contributed by atoms with van der Waals surface area (Å²) in [5.41, 5.74) is 0.389. The maximum Gasteiger partial charge on any atom is 0.313 e. The van der Waals surface area contributed by atoms with Gasteiger partial charge in [0.25, 0.3) is 0 Å². The number of aromatic nitrogens is 3. The van der Waals surface area contributed by atoms with E-state index < -0.39 is 5.41 Å². The van der Waals surface area contributed by atoms with E-state index in [2.05, 4.69) is 16.9 Å². The first-order valence-electron chi connectivity index (χ1n) is 7.18. The molecule has 6 nitrogen and oxygen atoms in total. The maximum atomic E-state index is 11.6. The summed E-state index contributed by atoms with van der Waals surface area (Å²) in [6.07, 6.45) is 6.34. The number of nitrogens with zero attached hydrogens (tertiary/aromatic N) is 3. The normalized spacial score (nSPS) is 11.4. The number of rotatable bonds is 9. The van der Waals surface area contributed by atoms with Crippen LogP contribution in [0.4, 0.5) is 0 Å². The Bertz CT molecular complexity index is 449. The van der Waals surface area contributed by atoms with Crippen molar-refractivity contribution in [2.45, 2.75) is 46.8 Å². The Morgan fingerprint density at radius 3 is 2.86 bits per heavy atom. The Hall–Kier alpha value is -1.69. The molecule has 6 heteroatoms. The van der Waals surface area contributed by atoms with Crippen LogP contribution in [0.25, 0.3) is 0 Å². The van der Waals surface area contributed by atoms with Crippen molar-refractivity contribution in [1.82, 2.24) is 15.0 Å². The van der Waals surface area contributed by atoms with Gasteiger partial charge in [0.15, 0.2) is 6.73 Å². The van der Waals surface area contributed by atoms with Crippen molar-refractivity contribution in [2.24, 2.45) is 5.41 Å². The Balaban J connectivity index is 2.24. The Morgan fingerprint density at radius 1 is 1.43 bits per heavy atom. The molecular weight excluding hydrogens is 270 g/mol. The zero-order valence-corrected chi connectivity index (χ0v) is 13.2. The lowest BCUT2D eigenvalue weighted by atomic mass is 9.98. The number of unbranched alkanes of at least 4 members (excludes halogenated alkanes) is 1. The minimum atomic E-state index is -0.505. The monoisotopic (exact) mass is 295 g/mol. The predicted octanol–water partition coefficient (Wildman–Crippen LogP) is 2.35. The van der Waals surface area contributed by atoms with Crippen molar-refractivity contribution in [2.75, 3.05) is 13.2 Å². The van der Waals surface area contributed by atoms with E-state index in [0.29, 0.717) is 6.61 Å². The fourth-order valence-electron chi connectivity index (χ4n) is 1.53. The molecule has 1 rings (SSSR count). The molecule has 0 spiro atoms. The van der Waals surface area contributed by atoms with Crippen LogP contribution in [-0.4, -0.2) is 34.2 Å². The summed E-state index contributed by atoms with van der Waals surface area (Å²) in [5.74, 6) is -0.251. The maximum absolute atomic E-state index is 11.6. The number of carbonyl (C=O) groups is 1. The third kappa shape index (κ3) is 7.04. The molecule has 0 fully saturated rings. The molecule has 1 aromatic rings. The number of hydrogen-bond donors (Lipinski definition) is 0. The summed E-state index contributed by atoms with van der Waals surface area (Å²) < 4.78 is 12.0. The van der Waals surface area contributed by atoms with E-state index in [0.717, 1.165) is 31.6 Å². The standard InChI is InChI=1S/C15H25N3O3/c1-5-9-20-10-7-6-8-13-11-18(17-16-13)12-21-14(19)15(2,3)4/h5,11H,1,6-10,12H2,2-4H3. The minimum Gasteiger partial charge on any atom is -0.442 e. The van der Waals surface area contributed by atoms with Crippen molar-refractivity contribution in [3.63, 3.8) is 0 Å². The first-order valence-corrected chi connectivity index (χ1v) is 7.18. The Labute approximate surface area is 126 Å². The Kier molecular flexibility index (Phi) is 7.08. The molecule has 1 aromatic heterocycles. The number of hydrogen-bond acceptors (Lipinski definition) is 5. The summed E-state index contributed by atoms with van der Waals surface area (Å²) in [4.78, 5) is 11.6. The van der Waals surface area contributed by atoms with Gasteiger partial charge >= 0.3 is 5.97 Å². The molecule has 118 valence electrons. The second kappa shape index (κ2) is 8.56. The van der Waals surface area contributed by atoms with Gasteiger partial charge in [0.2, 0.25) is 0 Å². The van der Waals surface area contributed by atoms with Crippen molar-refractivity contribution in [3.05, 3.63) is 24.5 Å². The average Bonchev–Trinajstić information content (AvgIpc) is 2.87. The quantitative estimate of drug-likeness (QED) is 0.397. The summed E-state index contributed by atoms with van der Waals surface area (Å²) in [7, 11) is 0. The third-order valence-corrected chi connectivity index (χ3v) is 2.73. The highest BCUT2D eigenvalue weighted by atomic mass is 16.5. The molecule has 0 aliphatic rings. The molecule has 0 atom stereocenters. The van der Waals surface area contributed by atoms with Gasteiger partial charge in [-0.2, -0.15) is 0 Å². The average molecular weight is 295 g/mol. The second-order valence-corrected chi connectivity index (χ2v) is 5.88. The zero-order valence-electron chi connectivity index (χ0n) is 13.2. The molecule has 1 heterocycles. The molecule has 0 radical (unpaired) electrons. The lowest BCUT2D eigenvalue weighted by Gasteiger charge is -2.15. The van der Waals surface area contributed by atoms with Gasteiger partial charge in [0.05, 0.1) is 23.9 Å². The van der Waals surface area contributed by atoms with Crippen LogP contribution >= 0.6 is 0 Å². The van der Waals surface area contributed by atoms with Crippen LogP contribution in [0.2, 0.25) is 0 Å². The van der Waals surface area contributed by atoms with Crippen LogP contribution in [0.5, 0.6) is 0 Å². The molecule has 0 N–H and O–H groups in total. The highest BCUT2D eigenvalue weighted by Gasteiger charge is 2.23. The largest absolute Gasteiger partial charge is 0.442 e. The first-order chi connectivity index (χ1) is 9.93. The zero-order chi connectivity index (χ0) is 15.7. The smallest absolute Gasteiger partial charge is 0.313 e. The van der Waals surface area contributed by atoms with Gasteiger partial charge in [-0.15, -0.1) is 11.7 Å². The van der Waals surface area contributed by atoms with E-state index in [1.54, 1.807) is 12.3 Å². The van der Waals surface area contributed by atoms with E-state index in [-0.39, 0.29) is 12.7 Å². The van der Waals surface area contributed by atoms with Crippen molar-refractivity contribution in [3.8, 4) is 0 Å². The van der Waals surface area contributed by atoms with E-state index in [9.17, 15) is 4.79 Å². The van der Waals surface area contributed by atoms with Gasteiger partial charge in [0, 0.05) is 6.61 Å². The fourth-order valence-corrected chi connectivity index (χ4v) is 1.53. The van der Waals surface area contributed by atoms with Gasteiger partial charge < -0.3 is 9.47 Å². The lowest BCUT2D eigenvalue weighted by molar-refractivity contribution is -0.157. The van der Waals surface area contributed by atoms with Crippen LogP contribution in [0.15, 0.2) is 18.9 Å². The van der Waals surface area contributed by atoms with Gasteiger partial charge in [0.1, 0.15) is 0 Å². The topological polar surface area (TPSA) is 66.2 Å². The van der Waals surface area contributed by atoms with Crippen molar-refractivity contribution >= 4 is 5.97 Å². The third-order valence-electron chi connectivity index (χ3n) is 2.73. The highest BCUT2D eigenvalue weighted by Crippen LogP contribution is 2.15. The van der Waals surface area contributed by atoms with E-state index in [4.69, 9.17) is 9.47 Å². The number of ether oxygens (including phenoxy) is 2. The minimum absolute atomic E-state index is 0.103. The van der Waals surface area contributed by atoms with Crippen LogP contribution in [0.3, 0.4) is 0 Å². The summed E-state index contributed by atoms with van der Waals surface area (Å²) >= 11 is 0. The molecular formula is C15H25N3O3. The molecule has 0 bridgehead atoms. The molecule has 0 aliphatic carbocycles. The SMILES string of the molecule is C=CCOCCCCc1cn(COC(=O)C(C)(C)C)nn1.